The summed E-state index contributed by atoms with van der Waals surface area (Å²) in [5, 5.41) is 11.6. The van der Waals surface area contributed by atoms with Gasteiger partial charge in [-0.3, -0.25) is 14.3 Å². The highest BCUT2D eigenvalue weighted by molar-refractivity contribution is 8.00. The topological polar surface area (TPSA) is 116 Å². The fraction of sp³-hybridized carbons (Fsp3) is 0.292. The van der Waals surface area contributed by atoms with E-state index in [0.717, 1.165) is 4.90 Å². The van der Waals surface area contributed by atoms with Crippen LogP contribution in [-0.4, -0.2) is 80.3 Å². The number of ether oxygens (including phenoxy) is 2. The Kier molecular flexibility index (Phi) is 7.24. The number of likely N-dealkylation sites (N-methyl/N-ethyl adjacent to an activating group) is 1. The van der Waals surface area contributed by atoms with Gasteiger partial charge in [-0.15, -0.1) is 11.8 Å². The van der Waals surface area contributed by atoms with Crippen molar-refractivity contribution in [3.05, 3.63) is 54.6 Å². The third kappa shape index (κ3) is 5.45. The Balaban J connectivity index is 1.55. The number of carbonyl (C=O) groups is 2. The molecule has 1 fully saturated rings. The van der Waals surface area contributed by atoms with Crippen LogP contribution in [0.15, 0.2) is 53.9 Å². The maximum Gasteiger partial charge on any atom is 0.387 e. The zero-order valence-electron chi connectivity index (χ0n) is 20.4. The summed E-state index contributed by atoms with van der Waals surface area (Å²) in [5.74, 6) is -0.902. The number of rotatable bonds is 9. The van der Waals surface area contributed by atoms with E-state index in [1.165, 1.54) is 50.5 Å². The van der Waals surface area contributed by atoms with Crippen LogP contribution in [0.2, 0.25) is 0 Å². The molecule has 1 saturated heterocycles. The normalized spacial score (nSPS) is 13.5. The fourth-order valence-corrected chi connectivity index (χ4v) is 4.74. The highest BCUT2D eigenvalue weighted by Crippen LogP contribution is 2.39. The second kappa shape index (κ2) is 10.8. The molecule has 0 radical (unpaired) electrons. The molecule has 38 heavy (non-hydrogen) atoms. The maximum atomic E-state index is 13.3. The highest BCUT2D eigenvalue weighted by Gasteiger charge is 2.25. The molecule has 4 heterocycles. The third-order valence-corrected chi connectivity index (χ3v) is 6.79. The molecule has 0 spiro atoms. The fourth-order valence-electron chi connectivity index (χ4n) is 3.69. The average Bonchev–Trinajstić information content (AvgIpc) is 3.46. The minimum Gasteiger partial charge on any atom is -0.434 e. The van der Waals surface area contributed by atoms with Crippen LogP contribution in [0.25, 0.3) is 16.9 Å². The lowest BCUT2D eigenvalue weighted by Gasteiger charge is -2.25. The average molecular weight is 544 g/mol. The number of carbonyl (C=O) groups excluding carboxylic acids is 2. The van der Waals surface area contributed by atoms with Gasteiger partial charge in [-0.05, 0) is 24.3 Å². The van der Waals surface area contributed by atoms with Crippen molar-refractivity contribution < 1.29 is 27.8 Å². The number of halogens is 2. The number of anilines is 1. The molecule has 4 aromatic rings. The molecule has 11 nitrogen and oxygen atoms in total. The Hall–Kier alpha value is -4.04. The number of thioether (sulfide) groups is 1. The van der Waals surface area contributed by atoms with E-state index >= 15 is 0 Å². The summed E-state index contributed by atoms with van der Waals surface area (Å²) in [5.41, 5.74) is 1.14. The number of fused-ring (bicyclic) bond motifs is 1. The maximum absolute atomic E-state index is 13.3. The van der Waals surface area contributed by atoms with Crippen LogP contribution in [0.3, 0.4) is 0 Å². The van der Waals surface area contributed by atoms with Gasteiger partial charge in [0.05, 0.1) is 30.3 Å². The van der Waals surface area contributed by atoms with E-state index in [-0.39, 0.29) is 46.0 Å². The van der Waals surface area contributed by atoms with Crippen LogP contribution in [0, 0.1) is 0 Å². The first-order valence-corrected chi connectivity index (χ1v) is 12.4. The first-order chi connectivity index (χ1) is 18.3. The van der Waals surface area contributed by atoms with Crippen molar-refractivity contribution >= 4 is 34.9 Å². The molecule has 1 N–H and O–H groups in total. The first-order valence-electron chi connectivity index (χ1n) is 11.5. The van der Waals surface area contributed by atoms with Crippen molar-refractivity contribution in [2.75, 3.05) is 32.6 Å². The third-order valence-electron chi connectivity index (χ3n) is 5.66. The standard InChI is InChI=1S/C24H23F2N7O4S/c1-31(2)20(34)11-32-10-18(29-23(35)17-9-28-33-7-3-6-27-22(17)33)21(30-32)16-8-14(38-15-12-36-13-15)4-5-19(16)37-24(25)26/h3-10,15,24H,11-13H2,1-2H3,(H,29,35). The van der Waals surface area contributed by atoms with E-state index < -0.39 is 12.5 Å². The minimum atomic E-state index is -3.08. The molecule has 0 bridgehead atoms. The van der Waals surface area contributed by atoms with Crippen LogP contribution < -0.4 is 10.1 Å². The Morgan fingerprint density at radius 3 is 2.84 bits per heavy atom. The number of amides is 2. The summed E-state index contributed by atoms with van der Waals surface area (Å²) in [7, 11) is 3.21. The van der Waals surface area contributed by atoms with E-state index in [1.54, 1.807) is 38.5 Å². The van der Waals surface area contributed by atoms with Crippen LogP contribution in [0.5, 0.6) is 5.75 Å². The number of alkyl halides is 2. The molecule has 1 aliphatic heterocycles. The Labute approximate surface area is 219 Å². The smallest absolute Gasteiger partial charge is 0.387 e. The monoisotopic (exact) mass is 543 g/mol. The summed E-state index contributed by atoms with van der Waals surface area (Å²) in [4.78, 5) is 32.0. The molecule has 14 heteroatoms. The second-order valence-corrected chi connectivity index (χ2v) is 9.96. The molecular weight excluding hydrogens is 520 g/mol. The van der Waals surface area contributed by atoms with E-state index in [0.29, 0.717) is 18.9 Å². The van der Waals surface area contributed by atoms with E-state index in [4.69, 9.17) is 9.47 Å². The Bertz CT molecular complexity index is 1490. The van der Waals surface area contributed by atoms with Gasteiger partial charge in [0, 0.05) is 43.1 Å². The summed E-state index contributed by atoms with van der Waals surface area (Å²) in [6, 6.07) is 6.47. The largest absolute Gasteiger partial charge is 0.434 e. The van der Waals surface area contributed by atoms with Gasteiger partial charge in [-0.2, -0.15) is 19.0 Å². The van der Waals surface area contributed by atoms with Crippen molar-refractivity contribution in [1.29, 1.82) is 0 Å². The van der Waals surface area contributed by atoms with Gasteiger partial charge < -0.3 is 19.7 Å². The lowest BCUT2D eigenvalue weighted by Crippen LogP contribution is -2.30. The van der Waals surface area contributed by atoms with Crippen molar-refractivity contribution in [2.45, 2.75) is 23.3 Å². The van der Waals surface area contributed by atoms with Crippen molar-refractivity contribution in [1.82, 2.24) is 29.3 Å². The molecule has 2 amide bonds. The predicted molar refractivity (Wildman–Crippen MR) is 134 cm³/mol. The number of benzene rings is 1. The Morgan fingerprint density at radius 1 is 1.32 bits per heavy atom. The zero-order chi connectivity index (χ0) is 26.8. The lowest BCUT2D eigenvalue weighted by molar-refractivity contribution is -0.129. The molecule has 3 aromatic heterocycles. The van der Waals surface area contributed by atoms with Crippen molar-refractivity contribution in [3.63, 3.8) is 0 Å². The van der Waals surface area contributed by atoms with Crippen LogP contribution in [0.4, 0.5) is 14.5 Å². The summed E-state index contributed by atoms with van der Waals surface area (Å²) in [6.07, 6.45) is 6.04. The van der Waals surface area contributed by atoms with Crippen molar-refractivity contribution in [2.24, 2.45) is 0 Å². The van der Waals surface area contributed by atoms with Gasteiger partial charge in [0.1, 0.15) is 23.6 Å². The molecule has 0 atom stereocenters. The second-order valence-electron chi connectivity index (χ2n) is 8.59. The summed E-state index contributed by atoms with van der Waals surface area (Å²) in [6.45, 7) is -2.03. The number of aromatic nitrogens is 5. The zero-order valence-corrected chi connectivity index (χ0v) is 21.2. The molecule has 198 valence electrons. The van der Waals surface area contributed by atoms with Crippen molar-refractivity contribution in [3.8, 4) is 17.0 Å². The van der Waals surface area contributed by atoms with Gasteiger partial charge in [0.2, 0.25) is 5.91 Å². The van der Waals surface area contributed by atoms with E-state index in [2.05, 4.69) is 20.5 Å². The minimum absolute atomic E-state index is 0.119. The molecule has 1 aromatic carbocycles. The SMILES string of the molecule is CN(C)C(=O)Cn1cc(NC(=O)c2cnn3cccnc23)c(-c2cc(SC3COC3)ccc2OC(F)F)n1. The van der Waals surface area contributed by atoms with E-state index in [9.17, 15) is 18.4 Å². The number of nitrogens with zero attached hydrogens (tertiary/aromatic N) is 6. The summed E-state index contributed by atoms with van der Waals surface area (Å²) < 4.78 is 39.4. The number of hydrogen-bond acceptors (Lipinski definition) is 8. The molecule has 0 aliphatic carbocycles. The number of hydrogen-bond donors (Lipinski definition) is 1. The quantitative estimate of drug-likeness (QED) is 0.343. The number of nitrogens with one attached hydrogen (secondary N) is 1. The molecule has 1 aliphatic rings. The molecule has 5 rings (SSSR count). The van der Waals surface area contributed by atoms with Gasteiger partial charge in [-0.25, -0.2) is 9.50 Å². The van der Waals surface area contributed by atoms with Crippen LogP contribution in [-0.2, 0) is 16.1 Å². The van der Waals surface area contributed by atoms with E-state index in [1.807, 2.05) is 0 Å². The Morgan fingerprint density at radius 2 is 2.13 bits per heavy atom. The lowest BCUT2D eigenvalue weighted by atomic mass is 10.1. The molecular formula is C24H23F2N7O4S. The van der Waals surface area contributed by atoms with Gasteiger partial charge in [-0.1, -0.05) is 0 Å². The summed E-state index contributed by atoms with van der Waals surface area (Å²) >= 11 is 1.54. The predicted octanol–water partition coefficient (Wildman–Crippen LogP) is 3.03. The first kappa shape index (κ1) is 25.6. The van der Waals surface area contributed by atoms with Gasteiger partial charge >= 0.3 is 6.61 Å². The molecule has 0 saturated carbocycles. The highest BCUT2D eigenvalue weighted by atomic mass is 32.2. The van der Waals surface area contributed by atoms with Gasteiger partial charge in [0.25, 0.3) is 5.91 Å². The van der Waals surface area contributed by atoms with Gasteiger partial charge in [0.15, 0.2) is 5.65 Å². The molecule has 0 unspecified atom stereocenters. The van der Waals surface area contributed by atoms with Crippen LogP contribution in [0.1, 0.15) is 10.4 Å². The van der Waals surface area contributed by atoms with Crippen LogP contribution >= 0.6 is 11.8 Å².